The van der Waals surface area contributed by atoms with Crippen LogP contribution in [0.4, 0.5) is 4.39 Å². The standard InChI is InChI=1S/C13H5Br2Cl2FO/c14-9-4-3-8(12(18)11(9)17)13(19)7-2-1-6(16)5-10(7)15/h1-5H. The van der Waals surface area contributed by atoms with Gasteiger partial charge in [-0.15, -0.1) is 0 Å². The number of benzene rings is 2. The smallest absolute Gasteiger partial charge is 0.197 e. The van der Waals surface area contributed by atoms with Gasteiger partial charge in [-0.2, -0.15) is 0 Å². The Bertz CT molecular complexity index is 674. The van der Waals surface area contributed by atoms with Gasteiger partial charge in [0.25, 0.3) is 0 Å². The molecule has 0 spiro atoms. The van der Waals surface area contributed by atoms with Crippen molar-refractivity contribution in [3.05, 3.63) is 66.3 Å². The van der Waals surface area contributed by atoms with E-state index >= 15 is 0 Å². The van der Waals surface area contributed by atoms with Crippen LogP contribution in [0, 0.1) is 5.82 Å². The number of carbonyl (C=O) groups excluding carboxylic acids is 1. The second-order valence-electron chi connectivity index (χ2n) is 3.68. The van der Waals surface area contributed by atoms with E-state index in [0.717, 1.165) is 0 Å². The highest BCUT2D eigenvalue weighted by molar-refractivity contribution is 9.10. The van der Waals surface area contributed by atoms with Gasteiger partial charge in [0.1, 0.15) is 0 Å². The molecule has 0 fully saturated rings. The summed E-state index contributed by atoms with van der Waals surface area (Å²) >= 11 is 17.9. The molecule has 0 saturated carbocycles. The van der Waals surface area contributed by atoms with Gasteiger partial charge in [0.2, 0.25) is 0 Å². The van der Waals surface area contributed by atoms with Gasteiger partial charge in [-0.1, -0.05) is 23.2 Å². The van der Waals surface area contributed by atoms with E-state index < -0.39 is 11.6 Å². The van der Waals surface area contributed by atoms with E-state index in [0.29, 0.717) is 19.5 Å². The molecule has 0 atom stereocenters. The minimum atomic E-state index is -0.747. The zero-order chi connectivity index (χ0) is 14.2. The first-order valence-electron chi connectivity index (χ1n) is 5.05. The minimum absolute atomic E-state index is 0.0868. The lowest BCUT2D eigenvalue weighted by atomic mass is 10.0. The Morgan fingerprint density at radius 1 is 1.00 bits per heavy atom. The molecule has 0 saturated heterocycles. The third-order valence-corrected chi connectivity index (χ3v) is 4.61. The lowest BCUT2D eigenvalue weighted by Crippen LogP contribution is -2.05. The Morgan fingerprint density at radius 3 is 2.26 bits per heavy atom. The molecule has 19 heavy (non-hydrogen) atoms. The molecule has 2 aromatic rings. The molecule has 0 radical (unpaired) electrons. The number of rotatable bonds is 2. The molecule has 0 aromatic heterocycles. The van der Waals surface area contributed by atoms with Gasteiger partial charge in [0, 0.05) is 19.5 Å². The Balaban J connectivity index is 2.53. The summed E-state index contributed by atoms with van der Waals surface area (Å²) in [5, 5.41) is 0.369. The lowest BCUT2D eigenvalue weighted by molar-refractivity contribution is 0.103. The molecule has 2 rings (SSSR count). The van der Waals surface area contributed by atoms with E-state index in [4.69, 9.17) is 23.2 Å². The quantitative estimate of drug-likeness (QED) is 0.432. The molecule has 0 aliphatic carbocycles. The molecule has 0 amide bonds. The Morgan fingerprint density at radius 2 is 1.63 bits per heavy atom. The highest BCUT2D eigenvalue weighted by Gasteiger charge is 2.19. The normalized spacial score (nSPS) is 10.6. The van der Waals surface area contributed by atoms with Crippen molar-refractivity contribution in [2.45, 2.75) is 0 Å². The van der Waals surface area contributed by atoms with Crippen molar-refractivity contribution in [1.29, 1.82) is 0 Å². The molecule has 0 bridgehead atoms. The summed E-state index contributed by atoms with van der Waals surface area (Å²) in [6, 6.07) is 7.59. The van der Waals surface area contributed by atoms with Crippen molar-refractivity contribution in [3.63, 3.8) is 0 Å². The van der Waals surface area contributed by atoms with Crippen LogP contribution in [0.2, 0.25) is 10.0 Å². The van der Waals surface area contributed by atoms with Gasteiger partial charge in [-0.25, -0.2) is 4.39 Å². The number of carbonyl (C=O) groups is 1. The van der Waals surface area contributed by atoms with Crippen LogP contribution in [0.3, 0.4) is 0 Å². The monoisotopic (exact) mass is 424 g/mol. The van der Waals surface area contributed by atoms with Gasteiger partial charge in [-0.3, -0.25) is 4.79 Å². The van der Waals surface area contributed by atoms with Crippen molar-refractivity contribution >= 4 is 60.8 Å². The van der Waals surface area contributed by atoms with Crippen LogP contribution in [0.15, 0.2) is 39.3 Å². The van der Waals surface area contributed by atoms with Crippen molar-refractivity contribution in [2.75, 3.05) is 0 Å². The van der Waals surface area contributed by atoms with Crippen LogP contribution in [-0.2, 0) is 0 Å². The van der Waals surface area contributed by atoms with E-state index in [-0.39, 0.29) is 10.6 Å². The molecule has 2 aromatic carbocycles. The van der Waals surface area contributed by atoms with E-state index in [2.05, 4.69) is 31.9 Å². The first-order valence-corrected chi connectivity index (χ1v) is 7.39. The molecule has 0 heterocycles. The summed E-state index contributed by atoms with van der Waals surface area (Å²) in [6.45, 7) is 0. The molecule has 6 heteroatoms. The van der Waals surface area contributed by atoms with Gasteiger partial charge in [0.05, 0.1) is 10.6 Å². The summed E-state index contributed by atoms with van der Waals surface area (Å²) in [4.78, 5) is 12.3. The van der Waals surface area contributed by atoms with Crippen LogP contribution in [0.25, 0.3) is 0 Å². The fourth-order valence-electron chi connectivity index (χ4n) is 1.52. The van der Waals surface area contributed by atoms with Crippen molar-refractivity contribution < 1.29 is 9.18 Å². The Labute approximate surface area is 136 Å². The van der Waals surface area contributed by atoms with Gasteiger partial charge >= 0.3 is 0 Å². The molecule has 0 aliphatic heterocycles. The number of halogens is 5. The average Bonchev–Trinajstić information content (AvgIpc) is 2.35. The maximum absolute atomic E-state index is 14.0. The Kier molecular flexibility index (Phi) is 4.66. The molecule has 98 valence electrons. The number of hydrogen-bond donors (Lipinski definition) is 0. The van der Waals surface area contributed by atoms with E-state index in [1.807, 2.05) is 0 Å². The van der Waals surface area contributed by atoms with E-state index in [1.54, 1.807) is 12.1 Å². The zero-order valence-corrected chi connectivity index (χ0v) is 13.9. The second kappa shape index (κ2) is 5.92. The lowest BCUT2D eigenvalue weighted by Gasteiger charge is -2.07. The second-order valence-corrected chi connectivity index (χ2v) is 6.20. The zero-order valence-electron chi connectivity index (χ0n) is 9.18. The average molecular weight is 427 g/mol. The van der Waals surface area contributed by atoms with Crippen LogP contribution < -0.4 is 0 Å². The maximum Gasteiger partial charge on any atom is 0.197 e. The summed E-state index contributed by atoms with van der Waals surface area (Å²) in [6.07, 6.45) is 0. The van der Waals surface area contributed by atoms with Crippen LogP contribution in [-0.4, -0.2) is 5.78 Å². The van der Waals surface area contributed by atoms with E-state index in [1.165, 1.54) is 18.2 Å². The van der Waals surface area contributed by atoms with Gasteiger partial charge in [-0.05, 0) is 62.2 Å². The summed E-state index contributed by atoms with van der Waals surface area (Å²) in [5.74, 6) is -1.21. The Hall–Kier alpha value is -0.420. The molecule has 0 aliphatic rings. The molecule has 0 N–H and O–H groups in total. The molecular formula is C13H5Br2Cl2FO. The summed E-state index contributed by atoms with van der Waals surface area (Å²) in [7, 11) is 0. The third kappa shape index (κ3) is 3.02. The van der Waals surface area contributed by atoms with Crippen molar-refractivity contribution in [1.82, 2.24) is 0 Å². The van der Waals surface area contributed by atoms with Crippen LogP contribution in [0.1, 0.15) is 15.9 Å². The van der Waals surface area contributed by atoms with Gasteiger partial charge in [0.15, 0.2) is 11.6 Å². The van der Waals surface area contributed by atoms with E-state index in [9.17, 15) is 9.18 Å². The first kappa shape index (κ1) is 15.0. The summed E-state index contributed by atoms with van der Waals surface area (Å²) in [5.41, 5.74) is 0.234. The SMILES string of the molecule is O=C(c1ccc(Cl)cc1Br)c1ccc(Br)c(Cl)c1F. The largest absolute Gasteiger partial charge is 0.288 e. The molecule has 0 unspecified atom stereocenters. The van der Waals surface area contributed by atoms with Crippen LogP contribution >= 0.6 is 55.1 Å². The topological polar surface area (TPSA) is 17.1 Å². The highest BCUT2D eigenvalue weighted by atomic mass is 79.9. The maximum atomic E-state index is 14.0. The number of hydrogen-bond acceptors (Lipinski definition) is 1. The minimum Gasteiger partial charge on any atom is -0.288 e. The van der Waals surface area contributed by atoms with Crippen LogP contribution in [0.5, 0.6) is 0 Å². The summed E-state index contributed by atoms with van der Waals surface area (Å²) < 4.78 is 14.9. The predicted octanol–water partition coefficient (Wildman–Crippen LogP) is 5.89. The van der Waals surface area contributed by atoms with Crippen molar-refractivity contribution in [2.24, 2.45) is 0 Å². The fourth-order valence-corrected chi connectivity index (χ4v) is 2.85. The highest BCUT2D eigenvalue weighted by Crippen LogP contribution is 2.30. The molecule has 1 nitrogen and oxygen atoms in total. The fraction of sp³-hybridized carbons (Fsp3) is 0. The predicted molar refractivity (Wildman–Crippen MR) is 81.7 cm³/mol. The van der Waals surface area contributed by atoms with Gasteiger partial charge < -0.3 is 0 Å². The number of ketones is 1. The molecular weight excluding hydrogens is 422 g/mol. The van der Waals surface area contributed by atoms with Crippen molar-refractivity contribution in [3.8, 4) is 0 Å². The third-order valence-electron chi connectivity index (χ3n) is 2.46. The first-order chi connectivity index (χ1) is 8.91.